The fourth-order valence-electron chi connectivity index (χ4n) is 3.91. The Hall–Kier alpha value is -1.40. The zero-order chi connectivity index (χ0) is 16.9. The summed E-state index contributed by atoms with van der Waals surface area (Å²) in [5, 5.41) is 0. The Balaban J connectivity index is 1.45. The Morgan fingerprint density at radius 1 is 1.08 bits per heavy atom. The molecular weight excluding hydrogens is 324 g/mol. The molecule has 0 aromatic heterocycles. The molecule has 130 valence electrons. The summed E-state index contributed by atoms with van der Waals surface area (Å²) in [5.41, 5.74) is 2.45. The van der Waals surface area contributed by atoms with Gasteiger partial charge in [-0.15, -0.1) is 0 Å². The van der Waals surface area contributed by atoms with Crippen LogP contribution < -0.4 is 0 Å². The quantitative estimate of drug-likeness (QED) is 0.835. The van der Waals surface area contributed by atoms with Crippen molar-refractivity contribution in [3.63, 3.8) is 0 Å². The van der Waals surface area contributed by atoms with Gasteiger partial charge in [0.1, 0.15) is 0 Å². The Kier molecular flexibility index (Phi) is 3.92. The molecule has 1 saturated carbocycles. The number of carbonyl (C=O) groups is 1. The molecule has 1 aliphatic heterocycles. The number of sulfonamides is 1. The molecule has 0 radical (unpaired) electrons. The first kappa shape index (κ1) is 16.1. The van der Waals surface area contributed by atoms with Crippen LogP contribution in [0.1, 0.15) is 30.9 Å². The minimum atomic E-state index is -3.45. The van der Waals surface area contributed by atoms with Crippen molar-refractivity contribution in [2.45, 2.75) is 37.5 Å². The Labute approximate surface area is 143 Å². The standard InChI is InChI=1S/C18H24N2O3S/c1-13-11-17(13)18(21)19-7-9-20(10-8-19)24(22,23)16-6-5-14-3-2-4-15(14)12-16/h5-6,12-13,17H,2-4,7-11H2,1H3/t13-,17-/m0/s1. The first-order chi connectivity index (χ1) is 11.5. The van der Waals surface area contributed by atoms with E-state index in [1.807, 2.05) is 17.0 Å². The van der Waals surface area contributed by atoms with Crippen LogP contribution in [0.3, 0.4) is 0 Å². The Morgan fingerprint density at radius 2 is 1.75 bits per heavy atom. The maximum Gasteiger partial charge on any atom is 0.243 e. The molecule has 1 aromatic carbocycles. The summed E-state index contributed by atoms with van der Waals surface area (Å²) < 4.78 is 27.3. The SMILES string of the molecule is C[C@H]1C[C@@H]1C(=O)N1CCN(S(=O)(=O)c2ccc3c(c2)CCC3)CC1. The number of fused-ring (bicyclic) bond motifs is 1. The van der Waals surface area contributed by atoms with Gasteiger partial charge in [0.25, 0.3) is 0 Å². The van der Waals surface area contributed by atoms with Crippen LogP contribution in [-0.2, 0) is 27.7 Å². The zero-order valence-corrected chi connectivity index (χ0v) is 14.9. The van der Waals surface area contributed by atoms with E-state index in [4.69, 9.17) is 0 Å². The van der Waals surface area contributed by atoms with Crippen molar-refractivity contribution < 1.29 is 13.2 Å². The smallest absolute Gasteiger partial charge is 0.243 e. The predicted molar refractivity (Wildman–Crippen MR) is 91.1 cm³/mol. The topological polar surface area (TPSA) is 57.7 Å². The van der Waals surface area contributed by atoms with Crippen LogP contribution in [0.2, 0.25) is 0 Å². The van der Waals surface area contributed by atoms with Crippen molar-refractivity contribution >= 4 is 15.9 Å². The molecule has 2 aliphatic carbocycles. The second-order valence-corrected chi connectivity index (χ2v) is 9.27. The van der Waals surface area contributed by atoms with Crippen molar-refractivity contribution in [3.05, 3.63) is 29.3 Å². The number of aryl methyl sites for hydroxylation is 2. The highest BCUT2D eigenvalue weighted by Crippen LogP contribution is 2.39. The molecule has 2 fully saturated rings. The predicted octanol–water partition coefficient (Wildman–Crippen LogP) is 1.66. The zero-order valence-electron chi connectivity index (χ0n) is 14.1. The largest absolute Gasteiger partial charge is 0.340 e. The summed E-state index contributed by atoms with van der Waals surface area (Å²) >= 11 is 0. The average Bonchev–Trinajstić information content (AvgIpc) is 3.13. The van der Waals surface area contributed by atoms with Gasteiger partial charge in [-0.1, -0.05) is 13.0 Å². The highest BCUT2D eigenvalue weighted by Gasteiger charge is 2.42. The normalized spacial score (nSPS) is 27.1. The van der Waals surface area contributed by atoms with Gasteiger partial charge in [-0.2, -0.15) is 4.31 Å². The average molecular weight is 348 g/mol. The number of carbonyl (C=O) groups excluding carboxylic acids is 1. The van der Waals surface area contributed by atoms with Crippen molar-refractivity contribution in [2.75, 3.05) is 26.2 Å². The van der Waals surface area contributed by atoms with E-state index in [0.29, 0.717) is 37.0 Å². The number of rotatable bonds is 3. The molecule has 1 aromatic rings. The van der Waals surface area contributed by atoms with Crippen LogP contribution in [0.25, 0.3) is 0 Å². The van der Waals surface area contributed by atoms with E-state index in [1.165, 1.54) is 15.4 Å². The first-order valence-corrected chi connectivity index (χ1v) is 10.3. The van der Waals surface area contributed by atoms with Gasteiger partial charge >= 0.3 is 0 Å². The number of piperazine rings is 1. The molecule has 3 aliphatic rings. The molecule has 0 bridgehead atoms. The van der Waals surface area contributed by atoms with Crippen LogP contribution in [0.15, 0.2) is 23.1 Å². The van der Waals surface area contributed by atoms with Crippen LogP contribution >= 0.6 is 0 Å². The summed E-state index contributed by atoms with van der Waals surface area (Å²) in [6, 6.07) is 5.55. The molecule has 24 heavy (non-hydrogen) atoms. The highest BCUT2D eigenvalue weighted by molar-refractivity contribution is 7.89. The van der Waals surface area contributed by atoms with Gasteiger partial charge in [0.05, 0.1) is 4.90 Å². The van der Waals surface area contributed by atoms with Gasteiger partial charge in [-0.05, 0) is 54.9 Å². The number of hydrogen-bond donors (Lipinski definition) is 0. The summed E-state index contributed by atoms with van der Waals surface area (Å²) in [7, 11) is -3.45. The number of hydrogen-bond acceptors (Lipinski definition) is 3. The van der Waals surface area contributed by atoms with Gasteiger partial charge in [-0.25, -0.2) is 8.42 Å². The lowest BCUT2D eigenvalue weighted by molar-refractivity contribution is -0.134. The Morgan fingerprint density at radius 3 is 2.42 bits per heavy atom. The molecule has 1 amide bonds. The van der Waals surface area contributed by atoms with E-state index in [9.17, 15) is 13.2 Å². The molecule has 1 heterocycles. The van der Waals surface area contributed by atoms with Gasteiger partial charge in [0.15, 0.2) is 0 Å². The maximum atomic E-state index is 12.9. The van der Waals surface area contributed by atoms with E-state index in [1.54, 1.807) is 6.07 Å². The summed E-state index contributed by atoms with van der Waals surface area (Å²) in [6.07, 6.45) is 4.11. The van der Waals surface area contributed by atoms with Crippen LogP contribution in [0, 0.1) is 11.8 Å². The third-order valence-corrected chi connectivity index (χ3v) is 7.58. The van der Waals surface area contributed by atoms with Gasteiger partial charge < -0.3 is 4.90 Å². The van der Waals surface area contributed by atoms with Crippen LogP contribution in [0.5, 0.6) is 0 Å². The van der Waals surface area contributed by atoms with E-state index in [0.717, 1.165) is 25.7 Å². The molecule has 0 N–H and O–H groups in total. The molecule has 2 atom stereocenters. The second kappa shape index (κ2) is 5.85. The first-order valence-electron chi connectivity index (χ1n) is 8.87. The minimum Gasteiger partial charge on any atom is -0.340 e. The van der Waals surface area contributed by atoms with E-state index >= 15 is 0 Å². The molecular formula is C18H24N2O3S. The molecule has 1 saturated heterocycles. The lowest BCUT2D eigenvalue weighted by Crippen LogP contribution is -2.51. The molecule has 0 unspecified atom stereocenters. The number of nitrogens with zero attached hydrogens (tertiary/aromatic N) is 2. The highest BCUT2D eigenvalue weighted by atomic mass is 32.2. The monoisotopic (exact) mass is 348 g/mol. The lowest BCUT2D eigenvalue weighted by atomic mass is 10.1. The third-order valence-electron chi connectivity index (χ3n) is 5.68. The third kappa shape index (κ3) is 2.75. The molecule has 0 spiro atoms. The molecule has 5 nitrogen and oxygen atoms in total. The number of benzene rings is 1. The van der Waals surface area contributed by atoms with E-state index in [2.05, 4.69) is 6.92 Å². The van der Waals surface area contributed by atoms with Crippen molar-refractivity contribution in [1.82, 2.24) is 9.21 Å². The maximum absolute atomic E-state index is 12.9. The summed E-state index contributed by atoms with van der Waals surface area (Å²) in [5.74, 6) is 0.868. The van der Waals surface area contributed by atoms with E-state index in [-0.39, 0.29) is 11.8 Å². The van der Waals surface area contributed by atoms with Crippen molar-refractivity contribution in [3.8, 4) is 0 Å². The lowest BCUT2D eigenvalue weighted by Gasteiger charge is -2.34. The molecule has 4 rings (SSSR count). The minimum absolute atomic E-state index is 0.171. The molecule has 6 heteroatoms. The second-order valence-electron chi connectivity index (χ2n) is 7.33. The van der Waals surface area contributed by atoms with Crippen LogP contribution in [-0.4, -0.2) is 49.7 Å². The van der Waals surface area contributed by atoms with Crippen LogP contribution in [0.4, 0.5) is 0 Å². The Bertz CT molecular complexity index is 766. The summed E-state index contributed by atoms with van der Waals surface area (Å²) in [4.78, 5) is 14.5. The summed E-state index contributed by atoms with van der Waals surface area (Å²) in [6.45, 7) is 3.90. The number of amides is 1. The fraction of sp³-hybridized carbons (Fsp3) is 0.611. The van der Waals surface area contributed by atoms with Gasteiger partial charge in [-0.3, -0.25) is 4.79 Å². The van der Waals surface area contributed by atoms with Gasteiger partial charge in [0.2, 0.25) is 15.9 Å². The fourth-order valence-corrected chi connectivity index (χ4v) is 5.38. The van der Waals surface area contributed by atoms with Gasteiger partial charge in [0, 0.05) is 32.1 Å². The van der Waals surface area contributed by atoms with Crippen molar-refractivity contribution in [1.29, 1.82) is 0 Å². The van der Waals surface area contributed by atoms with Crippen molar-refractivity contribution in [2.24, 2.45) is 11.8 Å². The van der Waals surface area contributed by atoms with E-state index < -0.39 is 10.0 Å².